The van der Waals surface area contributed by atoms with Gasteiger partial charge >= 0.3 is 0 Å². The summed E-state index contributed by atoms with van der Waals surface area (Å²) >= 11 is 0. The van der Waals surface area contributed by atoms with E-state index < -0.39 is 0 Å². The third-order valence-corrected chi connectivity index (χ3v) is 1.30. The highest BCUT2D eigenvalue weighted by Crippen LogP contribution is 1.89. The molecule has 5 nitrogen and oxygen atoms in total. The number of hydrogen-bond donors (Lipinski definition) is 3. The van der Waals surface area contributed by atoms with Crippen LogP contribution in [0.1, 0.15) is 13.8 Å². The third-order valence-electron chi connectivity index (χ3n) is 1.30. The highest BCUT2D eigenvalue weighted by Gasteiger charge is 2.02. The van der Waals surface area contributed by atoms with Crippen molar-refractivity contribution >= 4 is 24.3 Å². The minimum Gasteiger partial charge on any atom is -0.370 e. The number of halogens is 1. The van der Waals surface area contributed by atoms with E-state index in [4.69, 9.17) is 16.9 Å². The first-order chi connectivity index (χ1) is 5.11. The molecule has 6 heteroatoms. The van der Waals surface area contributed by atoms with Gasteiger partial charge in [0.25, 0.3) is 0 Å². The quantitative estimate of drug-likeness (QED) is 0.425. The molecular weight excluding hydrogens is 178 g/mol. The van der Waals surface area contributed by atoms with Crippen LogP contribution < -0.4 is 11.5 Å². The SMILES string of the molecule is CCN(CC)C(=N)N=C(N)N.Cl. The lowest BCUT2D eigenvalue weighted by Gasteiger charge is -2.17. The maximum atomic E-state index is 7.35. The molecule has 0 heterocycles. The topological polar surface area (TPSA) is 91.5 Å². The summed E-state index contributed by atoms with van der Waals surface area (Å²) in [5, 5.41) is 7.35. The van der Waals surface area contributed by atoms with Crippen LogP contribution in [0.5, 0.6) is 0 Å². The summed E-state index contributed by atoms with van der Waals surface area (Å²) in [5.74, 6) is 0.0527. The van der Waals surface area contributed by atoms with E-state index in [1.54, 1.807) is 4.90 Å². The lowest BCUT2D eigenvalue weighted by Crippen LogP contribution is -2.32. The number of aliphatic imine (C=N–C) groups is 1. The van der Waals surface area contributed by atoms with Gasteiger partial charge in [0.15, 0.2) is 5.96 Å². The normalized spacial score (nSPS) is 8.17. The van der Waals surface area contributed by atoms with Crippen LogP contribution in [-0.4, -0.2) is 29.9 Å². The molecule has 12 heavy (non-hydrogen) atoms. The van der Waals surface area contributed by atoms with Crippen molar-refractivity contribution in [1.29, 1.82) is 5.41 Å². The predicted molar refractivity (Wildman–Crippen MR) is 53.7 cm³/mol. The first kappa shape index (κ1) is 13.6. The second kappa shape index (κ2) is 6.72. The van der Waals surface area contributed by atoms with Crippen LogP contribution in [0.3, 0.4) is 0 Å². The van der Waals surface area contributed by atoms with E-state index in [-0.39, 0.29) is 24.3 Å². The molecule has 0 radical (unpaired) electrons. The zero-order chi connectivity index (χ0) is 8.85. The largest absolute Gasteiger partial charge is 0.370 e. The summed E-state index contributed by atoms with van der Waals surface area (Å²) in [6.45, 7) is 5.37. The van der Waals surface area contributed by atoms with Crippen LogP contribution in [-0.2, 0) is 0 Å². The summed E-state index contributed by atoms with van der Waals surface area (Å²) in [4.78, 5) is 5.35. The number of hydrogen-bond acceptors (Lipinski definition) is 1. The van der Waals surface area contributed by atoms with Gasteiger partial charge in [-0.3, -0.25) is 5.41 Å². The molecule has 0 fully saturated rings. The van der Waals surface area contributed by atoms with Crippen LogP contribution in [0.4, 0.5) is 0 Å². The fourth-order valence-electron chi connectivity index (χ4n) is 0.716. The minimum atomic E-state index is -0.0677. The Morgan fingerprint density at radius 2 is 1.75 bits per heavy atom. The van der Waals surface area contributed by atoms with Gasteiger partial charge in [-0.1, -0.05) is 0 Å². The summed E-state index contributed by atoms with van der Waals surface area (Å²) in [7, 11) is 0. The maximum absolute atomic E-state index is 7.35. The van der Waals surface area contributed by atoms with Crippen LogP contribution in [0.2, 0.25) is 0 Å². The Morgan fingerprint density at radius 3 is 2.00 bits per heavy atom. The molecule has 5 N–H and O–H groups in total. The summed E-state index contributed by atoms with van der Waals surface area (Å²) in [5.41, 5.74) is 10.2. The maximum Gasteiger partial charge on any atom is 0.220 e. The number of nitrogens with one attached hydrogen (secondary N) is 1. The van der Waals surface area contributed by atoms with Gasteiger partial charge in [0, 0.05) is 13.1 Å². The Labute approximate surface area is 78.7 Å². The molecule has 0 aromatic carbocycles. The average molecular weight is 194 g/mol. The van der Waals surface area contributed by atoms with E-state index >= 15 is 0 Å². The summed E-state index contributed by atoms with van der Waals surface area (Å²) in [6, 6.07) is 0. The highest BCUT2D eigenvalue weighted by molar-refractivity contribution is 5.91. The van der Waals surface area contributed by atoms with Crippen molar-refractivity contribution in [3.8, 4) is 0 Å². The molecule has 0 rings (SSSR count). The van der Waals surface area contributed by atoms with Gasteiger partial charge in [0.05, 0.1) is 0 Å². The lowest BCUT2D eigenvalue weighted by atomic mass is 10.5. The van der Waals surface area contributed by atoms with E-state index in [0.29, 0.717) is 0 Å². The van der Waals surface area contributed by atoms with Crippen LogP contribution >= 0.6 is 12.4 Å². The first-order valence-electron chi connectivity index (χ1n) is 3.54. The van der Waals surface area contributed by atoms with Crippen molar-refractivity contribution < 1.29 is 0 Å². The Morgan fingerprint density at radius 1 is 1.33 bits per heavy atom. The number of nitrogens with zero attached hydrogens (tertiary/aromatic N) is 2. The molecule has 0 unspecified atom stereocenters. The molecule has 0 aromatic rings. The molecule has 0 aromatic heterocycles. The second-order valence-electron chi connectivity index (χ2n) is 2.03. The first-order valence-corrected chi connectivity index (χ1v) is 3.54. The predicted octanol–water partition coefficient (Wildman–Crippen LogP) is -0.0418. The van der Waals surface area contributed by atoms with Gasteiger partial charge in [-0.2, -0.15) is 4.99 Å². The van der Waals surface area contributed by atoms with Gasteiger partial charge in [-0.15, -0.1) is 12.4 Å². The zero-order valence-corrected chi connectivity index (χ0v) is 8.19. The van der Waals surface area contributed by atoms with Gasteiger partial charge in [-0.25, -0.2) is 0 Å². The van der Waals surface area contributed by atoms with Crippen molar-refractivity contribution in [3.05, 3.63) is 0 Å². The van der Waals surface area contributed by atoms with Crippen molar-refractivity contribution in [3.63, 3.8) is 0 Å². The molecular formula is C6H16ClN5. The zero-order valence-electron chi connectivity index (χ0n) is 7.37. The Bertz CT molecular complexity index is 159. The van der Waals surface area contributed by atoms with E-state index in [1.165, 1.54) is 0 Å². The fraction of sp³-hybridized carbons (Fsp3) is 0.667. The lowest BCUT2D eigenvalue weighted by molar-refractivity contribution is 0.457. The Kier molecular flexibility index (Phi) is 7.62. The summed E-state index contributed by atoms with van der Waals surface area (Å²) in [6.07, 6.45) is 0. The van der Waals surface area contributed by atoms with Crippen LogP contribution in [0.15, 0.2) is 4.99 Å². The molecule has 0 atom stereocenters. The standard InChI is InChI=1S/C6H15N5.ClH/c1-3-11(4-2)6(9)10-5(7)8;/h3-4H2,1-2H3,(H5,7,8,9,10);1H. The van der Waals surface area contributed by atoms with Gasteiger partial charge in [-0.05, 0) is 13.8 Å². The molecule has 72 valence electrons. The molecule has 0 saturated carbocycles. The highest BCUT2D eigenvalue weighted by atomic mass is 35.5. The van der Waals surface area contributed by atoms with E-state index in [9.17, 15) is 0 Å². The van der Waals surface area contributed by atoms with E-state index in [2.05, 4.69) is 4.99 Å². The molecule has 0 aliphatic carbocycles. The van der Waals surface area contributed by atoms with Crippen molar-refractivity contribution in [2.24, 2.45) is 16.5 Å². The van der Waals surface area contributed by atoms with E-state index in [1.807, 2.05) is 13.8 Å². The van der Waals surface area contributed by atoms with Crippen LogP contribution in [0.25, 0.3) is 0 Å². The average Bonchev–Trinajstić information content (AvgIpc) is 1.88. The smallest absolute Gasteiger partial charge is 0.220 e. The van der Waals surface area contributed by atoms with Gasteiger partial charge in [0.2, 0.25) is 5.96 Å². The van der Waals surface area contributed by atoms with Crippen LogP contribution in [0, 0.1) is 5.41 Å². The third kappa shape index (κ3) is 4.79. The molecule has 0 saturated heterocycles. The molecule has 0 aliphatic heterocycles. The van der Waals surface area contributed by atoms with Crippen molar-refractivity contribution in [2.75, 3.05) is 13.1 Å². The van der Waals surface area contributed by atoms with E-state index in [0.717, 1.165) is 13.1 Å². The molecule has 0 spiro atoms. The Balaban J connectivity index is 0. The van der Waals surface area contributed by atoms with Crippen molar-refractivity contribution in [1.82, 2.24) is 4.90 Å². The Hall–Kier alpha value is -0.970. The van der Waals surface area contributed by atoms with Gasteiger partial charge in [0.1, 0.15) is 0 Å². The van der Waals surface area contributed by atoms with Gasteiger partial charge < -0.3 is 16.4 Å². The van der Waals surface area contributed by atoms with Crippen molar-refractivity contribution in [2.45, 2.75) is 13.8 Å². The molecule has 0 aliphatic rings. The number of rotatable bonds is 2. The minimum absolute atomic E-state index is 0. The fourth-order valence-corrected chi connectivity index (χ4v) is 0.716. The number of guanidine groups is 2. The molecule has 0 amide bonds. The second-order valence-corrected chi connectivity index (χ2v) is 2.03. The summed E-state index contributed by atoms with van der Waals surface area (Å²) < 4.78 is 0. The molecule has 0 bridgehead atoms. The number of nitrogens with two attached hydrogens (primary N) is 2. The monoisotopic (exact) mass is 193 g/mol.